The average molecular weight is 344 g/mol. The Bertz CT molecular complexity index is 853. The lowest BCUT2D eigenvalue weighted by Crippen LogP contribution is -2.28. The number of amides is 1. The summed E-state index contributed by atoms with van der Waals surface area (Å²) in [5.74, 6) is -0.316. The smallest absolute Gasteiger partial charge is 0.270 e. The second-order valence-corrected chi connectivity index (χ2v) is 6.48. The topological polar surface area (TPSA) is 73.6 Å². The van der Waals surface area contributed by atoms with Crippen molar-refractivity contribution in [1.29, 1.82) is 0 Å². The number of carboxylic acid groups (broad SMARTS) is 1. The van der Waals surface area contributed by atoms with Crippen molar-refractivity contribution in [3.05, 3.63) is 58.4 Å². The molecular formula is C16H10NO4S2-. The number of aromatic carboxylic acids is 1. The predicted octanol–water partition coefficient (Wildman–Crippen LogP) is 2.36. The summed E-state index contributed by atoms with van der Waals surface area (Å²) >= 11 is 6.38. The van der Waals surface area contributed by atoms with Crippen molar-refractivity contribution in [2.75, 3.05) is 4.90 Å². The molecule has 1 aliphatic rings. The largest absolute Gasteiger partial charge is 0.545 e. The number of benzene rings is 1. The second-order valence-electron chi connectivity index (χ2n) is 4.80. The number of carbonyl (C=O) groups excluding carboxylic acids is 2. The average Bonchev–Trinajstić information content (AvgIpc) is 3.03. The van der Waals surface area contributed by atoms with Gasteiger partial charge in [-0.15, -0.1) is 0 Å². The van der Waals surface area contributed by atoms with Gasteiger partial charge in [0.1, 0.15) is 11.5 Å². The zero-order valence-corrected chi connectivity index (χ0v) is 13.6. The van der Waals surface area contributed by atoms with Crippen LogP contribution in [0.4, 0.5) is 5.69 Å². The van der Waals surface area contributed by atoms with Gasteiger partial charge in [-0.3, -0.25) is 9.69 Å². The van der Waals surface area contributed by atoms with Gasteiger partial charge < -0.3 is 14.3 Å². The number of thioether (sulfide) groups is 1. The molecule has 0 spiro atoms. The maximum atomic E-state index is 12.6. The van der Waals surface area contributed by atoms with Crippen molar-refractivity contribution in [1.82, 2.24) is 0 Å². The molecule has 0 saturated carbocycles. The summed E-state index contributed by atoms with van der Waals surface area (Å²) in [5, 5.41) is 11.0. The van der Waals surface area contributed by atoms with E-state index in [1.54, 1.807) is 30.3 Å². The maximum absolute atomic E-state index is 12.6. The van der Waals surface area contributed by atoms with Crippen LogP contribution >= 0.6 is 24.0 Å². The summed E-state index contributed by atoms with van der Waals surface area (Å²) < 4.78 is 5.76. The minimum atomic E-state index is -1.31. The van der Waals surface area contributed by atoms with Crippen LogP contribution in [0.25, 0.3) is 6.08 Å². The minimum absolute atomic E-state index is 0.0119. The summed E-state index contributed by atoms with van der Waals surface area (Å²) in [6.07, 6.45) is 1.62. The van der Waals surface area contributed by atoms with Crippen molar-refractivity contribution in [3.8, 4) is 0 Å². The Kier molecular flexibility index (Phi) is 4.06. The van der Waals surface area contributed by atoms with Gasteiger partial charge in [0, 0.05) is 6.08 Å². The maximum Gasteiger partial charge on any atom is 0.270 e. The highest BCUT2D eigenvalue weighted by atomic mass is 32.2. The number of rotatable bonds is 3. The first-order valence-corrected chi connectivity index (χ1v) is 7.84. The van der Waals surface area contributed by atoms with E-state index in [-0.39, 0.29) is 11.5 Å². The van der Waals surface area contributed by atoms with E-state index in [4.69, 9.17) is 16.6 Å². The summed E-state index contributed by atoms with van der Waals surface area (Å²) in [6.45, 7) is 1.81. The number of furan rings is 1. The van der Waals surface area contributed by atoms with E-state index in [1.165, 1.54) is 17.0 Å². The fourth-order valence-electron chi connectivity index (χ4n) is 2.12. The summed E-state index contributed by atoms with van der Waals surface area (Å²) in [7, 11) is 0. The molecule has 2 heterocycles. The van der Waals surface area contributed by atoms with E-state index in [1.807, 2.05) is 6.92 Å². The van der Waals surface area contributed by atoms with Crippen LogP contribution in [-0.2, 0) is 4.79 Å². The number of hydrogen-bond donors (Lipinski definition) is 0. The third-order valence-electron chi connectivity index (χ3n) is 3.17. The molecule has 0 aliphatic carbocycles. The van der Waals surface area contributed by atoms with Gasteiger partial charge >= 0.3 is 0 Å². The van der Waals surface area contributed by atoms with E-state index >= 15 is 0 Å². The Morgan fingerprint density at radius 3 is 2.78 bits per heavy atom. The Morgan fingerprint density at radius 1 is 1.35 bits per heavy atom. The molecule has 5 nitrogen and oxygen atoms in total. The first-order chi connectivity index (χ1) is 11.0. The third kappa shape index (κ3) is 3.06. The molecule has 1 aliphatic heterocycles. The highest BCUT2D eigenvalue weighted by Crippen LogP contribution is 2.36. The van der Waals surface area contributed by atoms with Gasteiger partial charge in [0.25, 0.3) is 5.91 Å². The molecule has 1 aromatic heterocycles. The SMILES string of the molecule is Cc1ccc(/C=C2/SC(=S)N(c3cccc(C(=O)[O-])c3)C2=O)o1. The standard InChI is InChI=1S/C16H11NO4S2/c1-9-5-6-12(21-9)8-13-14(18)17(16(22)23-13)11-4-2-3-10(7-11)15(19)20/h2-8H,1H3,(H,19,20)/p-1/b13-8+. The third-order valence-corrected chi connectivity index (χ3v) is 4.47. The summed E-state index contributed by atoms with van der Waals surface area (Å²) in [5.41, 5.74) is 0.385. The number of aryl methyl sites for hydroxylation is 1. The molecule has 1 aromatic carbocycles. The number of carbonyl (C=O) groups is 2. The van der Waals surface area contributed by atoms with E-state index in [2.05, 4.69) is 0 Å². The van der Waals surface area contributed by atoms with Crippen molar-refractivity contribution in [2.24, 2.45) is 0 Å². The van der Waals surface area contributed by atoms with Gasteiger partial charge in [-0.25, -0.2) is 0 Å². The molecule has 0 radical (unpaired) electrons. The molecule has 7 heteroatoms. The predicted molar refractivity (Wildman–Crippen MR) is 89.9 cm³/mol. The Morgan fingerprint density at radius 2 is 2.13 bits per heavy atom. The van der Waals surface area contributed by atoms with Crippen LogP contribution in [-0.4, -0.2) is 16.2 Å². The molecule has 3 rings (SSSR count). The number of carboxylic acids is 1. The molecule has 1 amide bonds. The summed E-state index contributed by atoms with van der Waals surface area (Å²) in [6, 6.07) is 9.49. The molecule has 116 valence electrons. The van der Waals surface area contributed by atoms with E-state index in [0.717, 1.165) is 17.5 Å². The fourth-order valence-corrected chi connectivity index (χ4v) is 3.40. The number of nitrogens with zero attached hydrogens (tertiary/aromatic N) is 1. The monoisotopic (exact) mass is 344 g/mol. The molecule has 23 heavy (non-hydrogen) atoms. The second kappa shape index (κ2) is 6.02. The van der Waals surface area contributed by atoms with Gasteiger partial charge in [0.15, 0.2) is 4.32 Å². The van der Waals surface area contributed by atoms with Crippen molar-refractivity contribution < 1.29 is 19.1 Å². The van der Waals surface area contributed by atoms with Crippen LogP contribution < -0.4 is 10.0 Å². The lowest BCUT2D eigenvalue weighted by Gasteiger charge is -2.15. The highest BCUT2D eigenvalue weighted by molar-refractivity contribution is 8.27. The summed E-state index contributed by atoms with van der Waals surface area (Å²) in [4.78, 5) is 25.2. The van der Waals surface area contributed by atoms with Gasteiger partial charge in [-0.05, 0) is 36.8 Å². The van der Waals surface area contributed by atoms with Gasteiger partial charge in [0.05, 0.1) is 16.6 Å². The zero-order valence-electron chi connectivity index (χ0n) is 11.9. The Hall–Kier alpha value is -2.38. The lowest BCUT2D eigenvalue weighted by molar-refractivity contribution is -0.255. The van der Waals surface area contributed by atoms with Crippen LogP contribution in [0.3, 0.4) is 0 Å². The van der Waals surface area contributed by atoms with Crippen LogP contribution in [0.5, 0.6) is 0 Å². The molecule has 0 unspecified atom stereocenters. The lowest BCUT2D eigenvalue weighted by atomic mass is 10.2. The first-order valence-electron chi connectivity index (χ1n) is 6.61. The minimum Gasteiger partial charge on any atom is -0.545 e. The van der Waals surface area contributed by atoms with Crippen LogP contribution in [0.2, 0.25) is 0 Å². The highest BCUT2D eigenvalue weighted by Gasteiger charge is 2.33. The van der Waals surface area contributed by atoms with E-state index in [0.29, 0.717) is 20.7 Å². The van der Waals surface area contributed by atoms with Gasteiger partial charge in [-0.1, -0.05) is 36.1 Å². The number of thiocarbonyl (C=S) groups is 1. The number of hydrogen-bond acceptors (Lipinski definition) is 6. The van der Waals surface area contributed by atoms with Crippen molar-refractivity contribution in [3.63, 3.8) is 0 Å². The first kappa shape index (κ1) is 15.5. The molecular weight excluding hydrogens is 334 g/mol. The van der Waals surface area contributed by atoms with Crippen molar-refractivity contribution >= 4 is 51.9 Å². The number of anilines is 1. The molecule has 0 N–H and O–H groups in total. The van der Waals surface area contributed by atoms with E-state index < -0.39 is 5.97 Å². The molecule has 1 saturated heterocycles. The Balaban J connectivity index is 1.94. The quantitative estimate of drug-likeness (QED) is 0.629. The molecule has 1 fully saturated rings. The molecule has 0 atom stereocenters. The zero-order chi connectivity index (χ0) is 16.6. The van der Waals surface area contributed by atoms with E-state index in [9.17, 15) is 14.7 Å². The van der Waals surface area contributed by atoms with Crippen LogP contribution in [0.15, 0.2) is 45.7 Å². The molecule has 2 aromatic rings. The van der Waals surface area contributed by atoms with Crippen LogP contribution in [0.1, 0.15) is 21.9 Å². The van der Waals surface area contributed by atoms with Gasteiger partial charge in [-0.2, -0.15) is 0 Å². The van der Waals surface area contributed by atoms with Crippen LogP contribution in [0, 0.1) is 6.92 Å². The normalized spacial score (nSPS) is 16.4. The molecule has 0 bridgehead atoms. The van der Waals surface area contributed by atoms with Gasteiger partial charge in [0.2, 0.25) is 0 Å². The fraction of sp³-hybridized carbons (Fsp3) is 0.0625. The Labute approximate surface area is 141 Å². The van der Waals surface area contributed by atoms with Crippen molar-refractivity contribution in [2.45, 2.75) is 6.92 Å².